The molecule has 1 rings (SSSR count). The summed E-state index contributed by atoms with van der Waals surface area (Å²) >= 11 is 0. The minimum absolute atomic E-state index is 0.0375. The van der Waals surface area contributed by atoms with E-state index in [-0.39, 0.29) is 12.7 Å². The van der Waals surface area contributed by atoms with Crippen molar-refractivity contribution in [3.8, 4) is 0 Å². The summed E-state index contributed by atoms with van der Waals surface area (Å²) in [5, 5.41) is 0. The molecule has 1 aliphatic heterocycles. The predicted octanol–water partition coefficient (Wildman–Crippen LogP) is -0.342. The Morgan fingerprint density at radius 2 is 2.08 bits per heavy atom. The first-order valence-corrected chi connectivity index (χ1v) is 3.76. The number of rotatable bonds is 4. The quantitative estimate of drug-likeness (QED) is 0.341. The maximum absolute atomic E-state index is 10.8. The van der Waals surface area contributed by atoms with Crippen molar-refractivity contribution in [3.63, 3.8) is 0 Å². The largest absolute Gasteiger partial charge is 0.466 e. The molecule has 0 aromatic heterocycles. The van der Waals surface area contributed by atoms with Crippen molar-refractivity contribution < 1.29 is 23.8 Å². The Morgan fingerprint density at radius 3 is 2.62 bits per heavy atom. The minimum Gasteiger partial charge on any atom is -0.466 e. The molecule has 72 valence electrons. The van der Waals surface area contributed by atoms with Gasteiger partial charge >= 0.3 is 11.9 Å². The Morgan fingerprint density at radius 1 is 1.46 bits per heavy atom. The van der Waals surface area contributed by atoms with E-state index in [9.17, 15) is 9.59 Å². The standard InChI is InChI=1S/C8H10O5/c1-11-7(9)2-3-8(10)13-5-6-4-12-6/h2-3,6H,4-5H2,1H3/b3-2-. The highest BCUT2D eigenvalue weighted by Crippen LogP contribution is 2.08. The van der Waals surface area contributed by atoms with Gasteiger partial charge in [-0.1, -0.05) is 0 Å². The molecule has 1 saturated heterocycles. The molecule has 0 amide bonds. The number of epoxide rings is 1. The van der Waals surface area contributed by atoms with Gasteiger partial charge < -0.3 is 14.2 Å². The fraction of sp³-hybridized carbons (Fsp3) is 0.500. The molecule has 1 aliphatic rings. The van der Waals surface area contributed by atoms with Gasteiger partial charge in [-0.05, 0) is 0 Å². The van der Waals surface area contributed by atoms with Crippen molar-refractivity contribution in [1.29, 1.82) is 0 Å². The van der Waals surface area contributed by atoms with Crippen molar-refractivity contribution in [1.82, 2.24) is 0 Å². The molecule has 0 aromatic rings. The maximum atomic E-state index is 10.8. The van der Waals surface area contributed by atoms with Crippen LogP contribution < -0.4 is 0 Å². The average molecular weight is 186 g/mol. The fourth-order valence-electron chi connectivity index (χ4n) is 0.592. The van der Waals surface area contributed by atoms with Crippen LogP contribution in [-0.4, -0.2) is 38.4 Å². The normalized spacial score (nSPS) is 19.9. The van der Waals surface area contributed by atoms with Crippen LogP contribution in [0.3, 0.4) is 0 Å². The third kappa shape index (κ3) is 4.27. The summed E-state index contributed by atoms with van der Waals surface area (Å²) < 4.78 is 13.8. The first-order chi connectivity index (χ1) is 6.22. The molecule has 1 atom stereocenters. The van der Waals surface area contributed by atoms with Crippen molar-refractivity contribution in [2.24, 2.45) is 0 Å². The molecule has 0 N–H and O–H groups in total. The minimum atomic E-state index is -0.584. The number of carbonyl (C=O) groups is 2. The van der Waals surface area contributed by atoms with E-state index in [0.717, 1.165) is 12.2 Å². The summed E-state index contributed by atoms with van der Waals surface area (Å²) in [4.78, 5) is 21.3. The van der Waals surface area contributed by atoms with Crippen molar-refractivity contribution in [2.75, 3.05) is 20.3 Å². The lowest BCUT2D eigenvalue weighted by Gasteiger charge is -1.96. The first-order valence-electron chi connectivity index (χ1n) is 3.76. The molecule has 0 aromatic carbocycles. The molecule has 1 heterocycles. The molecule has 0 spiro atoms. The topological polar surface area (TPSA) is 65.1 Å². The van der Waals surface area contributed by atoms with Crippen LogP contribution in [0.1, 0.15) is 0 Å². The Balaban J connectivity index is 2.14. The lowest BCUT2D eigenvalue weighted by molar-refractivity contribution is -0.139. The van der Waals surface area contributed by atoms with Crippen molar-refractivity contribution in [2.45, 2.75) is 6.10 Å². The van der Waals surface area contributed by atoms with Crippen LogP contribution >= 0.6 is 0 Å². The number of carbonyl (C=O) groups excluding carboxylic acids is 2. The van der Waals surface area contributed by atoms with Gasteiger partial charge in [0.05, 0.1) is 13.7 Å². The molecule has 0 bridgehead atoms. The van der Waals surface area contributed by atoms with E-state index < -0.39 is 11.9 Å². The summed E-state index contributed by atoms with van der Waals surface area (Å²) in [7, 11) is 1.23. The molecule has 5 heteroatoms. The molecule has 0 aliphatic carbocycles. The lowest BCUT2D eigenvalue weighted by atomic mass is 10.5. The Kier molecular flexibility index (Phi) is 3.45. The zero-order chi connectivity index (χ0) is 9.68. The van der Waals surface area contributed by atoms with E-state index in [1.165, 1.54) is 7.11 Å². The zero-order valence-electron chi connectivity index (χ0n) is 7.19. The summed E-state index contributed by atoms with van der Waals surface area (Å²) in [6.45, 7) is 0.873. The SMILES string of the molecule is COC(=O)/C=C\C(=O)OCC1CO1. The van der Waals surface area contributed by atoms with Gasteiger partial charge in [0.15, 0.2) is 0 Å². The number of hydrogen-bond acceptors (Lipinski definition) is 5. The summed E-state index contributed by atoms with van der Waals surface area (Å²) in [5.74, 6) is -1.15. The van der Waals surface area contributed by atoms with Crippen molar-refractivity contribution >= 4 is 11.9 Å². The summed E-state index contributed by atoms with van der Waals surface area (Å²) in [6, 6.07) is 0. The van der Waals surface area contributed by atoms with Gasteiger partial charge in [0.1, 0.15) is 12.7 Å². The third-order valence-corrected chi connectivity index (χ3v) is 1.37. The summed E-state index contributed by atoms with van der Waals surface area (Å²) in [6.07, 6.45) is 2.07. The maximum Gasteiger partial charge on any atom is 0.331 e. The van der Waals surface area contributed by atoms with E-state index in [1.807, 2.05) is 0 Å². The molecule has 0 radical (unpaired) electrons. The molecule has 5 nitrogen and oxygen atoms in total. The smallest absolute Gasteiger partial charge is 0.331 e. The van der Waals surface area contributed by atoms with E-state index in [1.54, 1.807) is 0 Å². The second kappa shape index (κ2) is 4.61. The molecule has 0 saturated carbocycles. The predicted molar refractivity (Wildman–Crippen MR) is 41.9 cm³/mol. The van der Waals surface area contributed by atoms with E-state index >= 15 is 0 Å². The van der Waals surface area contributed by atoms with Crippen LogP contribution in [0, 0.1) is 0 Å². The second-order valence-corrected chi connectivity index (χ2v) is 2.44. The number of hydrogen-bond donors (Lipinski definition) is 0. The number of methoxy groups -OCH3 is 1. The molecule has 13 heavy (non-hydrogen) atoms. The number of ether oxygens (including phenoxy) is 3. The summed E-state index contributed by atoms with van der Waals surface area (Å²) in [5.41, 5.74) is 0. The first kappa shape index (κ1) is 9.73. The highest BCUT2D eigenvalue weighted by atomic mass is 16.6. The highest BCUT2D eigenvalue weighted by Gasteiger charge is 2.23. The third-order valence-electron chi connectivity index (χ3n) is 1.37. The van der Waals surface area contributed by atoms with Gasteiger partial charge in [-0.3, -0.25) is 0 Å². The van der Waals surface area contributed by atoms with Gasteiger partial charge in [-0.25, -0.2) is 9.59 Å². The van der Waals surface area contributed by atoms with E-state index in [2.05, 4.69) is 4.74 Å². The second-order valence-electron chi connectivity index (χ2n) is 2.44. The molecule has 1 unspecified atom stereocenters. The molecule has 1 fully saturated rings. The van der Waals surface area contributed by atoms with Crippen LogP contribution in [0.5, 0.6) is 0 Å². The van der Waals surface area contributed by atoms with Crippen LogP contribution in [-0.2, 0) is 23.8 Å². The highest BCUT2D eigenvalue weighted by molar-refractivity contribution is 5.91. The lowest BCUT2D eigenvalue weighted by Crippen LogP contribution is -2.07. The van der Waals surface area contributed by atoms with E-state index in [0.29, 0.717) is 6.61 Å². The fourth-order valence-corrected chi connectivity index (χ4v) is 0.592. The number of esters is 2. The van der Waals surface area contributed by atoms with Crippen LogP contribution in [0.2, 0.25) is 0 Å². The van der Waals surface area contributed by atoms with E-state index in [4.69, 9.17) is 9.47 Å². The van der Waals surface area contributed by atoms with Crippen LogP contribution in [0.15, 0.2) is 12.2 Å². The van der Waals surface area contributed by atoms with Gasteiger partial charge in [0, 0.05) is 12.2 Å². The monoisotopic (exact) mass is 186 g/mol. The van der Waals surface area contributed by atoms with Gasteiger partial charge in [-0.15, -0.1) is 0 Å². The average Bonchev–Trinajstić information content (AvgIpc) is 2.94. The Hall–Kier alpha value is -1.36. The zero-order valence-corrected chi connectivity index (χ0v) is 7.19. The Labute approximate surface area is 75.3 Å². The van der Waals surface area contributed by atoms with Crippen LogP contribution in [0.4, 0.5) is 0 Å². The Bertz CT molecular complexity index is 229. The van der Waals surface area contributed by atoms with Gasteiger partial charge in [-0.2, -0.15) is 0 Å². The molecular weight excluding hydrogens is 176 g/mol. The van der Waals surface area contributed by atoms with Crippen LogP contribution in [0.25, 0.3) is 0 Å². The van der Waals surface area contributed by atoms with Gasteiger partial charge in [0.2, 0.25) is 0 Å². The van der Waals surface area contributed by atoms with Gasteiger partial charge in [0.25, 0.3) is 0 Å². The molecular formula is C8H10O5. The van der Waals surface area contributed by atoms with Crippen molar-refractivity contribution in [3.05, 3.63) is 12.2 Å².